The van der Waals surface area contributed by atoms with Gasteiger partial charge < -0.3 is 20.1 Å². The number of unbranched alkanes of at least 4 members (excludes halogenated alkanes) is 1. The molecule has 150 valence electrons. The molecule has 0 saturated heterocycles. The number of nitrogens with zero attached hydrogens (tertiary/aromatic N) is 4. The number of hydrogen-bond donors (Lipinski definition) is 2. The summed E-state index contributed by atoms with van der Waals surface area (Å²) in [6.07, 6.45) is 3.38. The van der Waals surface area contributed by atoms with Gasteiger partial charge in [-0.25, -0.2) is 4.98 Å². The van der Waals surface area contributed by atoms with E-state index in [1.807, 2.05) is 13.1 Å². The molecule has 0 saturated carbocycles. The number of nitrogens with one attached hydrogen (secondary N) is 2. The van der Waals surface area contributed by atoms with Gasteiger partial charge in [0.15, 0.2) is 5.96 Å². The molecule has 0 fully saturated rings. The fourth-order valence-electron chi connectivity index (χ4n) is 3.09. The molecule has 0 unspecified atom stereocenters. The Bertz CT molecular complexity index is 719. The number of aromatic nitrogens is 2. The molecule has 27 heavy (non-hydrogen) atoms. The van der Waals surface area contributed by atoms with E-state index in [1.54, 1.807) is 0 Å². The molecule has 1 heterocycles. The summed E-state index contributed by atoms with van der Waals surface area (Å²) < 4.78 is 2.29. The summed E-state index contributed by atoms with van der Waals surface area (Å²) >= 11 is 0. The maximum absolute atomic E-state index is 4.63. The number of guanidine groups is 1. The van der Waals surface area contributed by atoms with Gasteiger partial charge in [0.05, 0.1) is 11.0 Å². The smallest absolute Gasteiger partial charge is 0.190 e. The van der Waals surface area contributed by atoms with Crippen LogP contribution in [-0.4, -0.2) is 60.2 Å². The number of benzene rings is 1. The zero-order valence-corrected chi connectivity index (χ0v) is 17.6. The normalized spacial score (nSPS) is 12.3. The van der Waals surface area contributed by atoms with Gasteiger partial charge in [-0.2, -0.15) is 0 Å². The lowest BCUT2D eigenvalue weighted by atomic mass is 10.2. The van der Waals surface area contributed by atoms with Crippen molar-refractivity contribution in [3.8, 4) is 0 Å². The Morgan fingerprint density at radius 1 is 1.15 bits per heavy atom. The molecular weight excluding hydrogens is 336 g/mol. The van der Waals surface area contributed by atoms with Crippen molar-refractivity contribution < 1.29 is 0 Å². The first-order chi connectivity index (χ1) is 13.0. The van der Waals surface area contributed by atoms with Crippen LogP contribution in [0.25, 0.3) is 11.0 Å². The number of fused-ring (bicyclic) bond motifs is 1. The van der Waals surface area contributed by atoms with Crippen molar-refractivity contribution in [1.29, 1.82) is 0 Å². The van der Waals surface area contributed by atoms with E-state index in [1.165, 1.54) is 11.9 Å². The zero-order valence-electron chi connectivity index (χ0n) is 17.6. The van der Waals surface area contributed by atoms with Crippen LogP contribution in [-0.2, 0) is 6.54 Å². The molecule has 0 radical (unpaired) electrons. The van der Waals surface area contributed by atoms with Gasteiger partial charge in [0.1, 0.15) is 5.82 Å². The van der Waals surface area contributed by atoms with E-state index >= 15 is 0 Å². The Labute approximate surface area is 164 Å². The number of imidazole rings is 1. The summed E-state index contributed by atoms with van der Waals surface area (Å²) in [5.74, 6) is 1.96. The van der Waals surface area contributed by atoms with E-state index in [2.05, 4.69) is 76.1 Å². The van der Waals surface area contributed by atoms with Crippen LogP contribution in [0.4, 0.5) is 0 Å². The monoisotopic (exact) mass is 372 g/mol. The highest BCUT2D eigenvalue weighted by molar-refractivity contribution is 5.79. The highest BCUT2D eigenvalue weighted by Gasteiger charge is 2.06. The van der Waals surface area contributed by atoms with Crippen LogP contribution >= 0.6 is 0 Å². The number of aryl methyl sites for hydroxylation is 2. The van der Waals surface area contributed by atoms with Crippen LogP contribution in [0.3, 0.4) is 0 Å². The molecular formula is C21H36N6. The first-order valence-corrected chi connectivity index (χ1v) is 10.1. The molecule has 0 aliphatic heterocycles. The predicted octanol–water partition coefficient (Wildman–Crippen LogP) is 3.02. The molecule has 2 rings (SSSR count). The van der Waals surface area contributed by atoms with Crippen LogP contribution in [0, 0.1) is 6.92 Å². The van der Waals surface area contributed by atoms with Crippen LogP contribution in [0.5, 0.6) is 0 Å². The Morgan fingerprint density at radius 2 is 1.85 bits per heavy atom. The third kappa shape index (κ3) is 6.54. The third-order valence-corrected chi connectivity index (χ3v) is 5.03. The second-order valence-corrected chi connectivity index (χ2v) is 7.36. The Balaban J connectivity index is 1.65. The first-order valence-electron chi connectivity index (χ1n) is 10.1. The van der Waals surface area contributed by atoms with Gasteiger partial charge in [0, 0.05) is 32.7 Å². The fraction of sp³-hybridized carbons (Fsp3) is 0.619. The van der Waals surface area contributed by atoms with Crippen LogP contribution in [0.1, 0.15) is 38.9 Å². The van der Waals surface area contributed by atoms with Crippen LogP contribution in [0.2, 0.25) is 0 Å². The van der Waals surface area contributed by atoms with Crippen molar-refractivity contribution >= 4 is 17.0 Å². The maximum Gasteiger partial charge on any atom is 0.190 e. The summed E-state index contributed by atoms with van der Waals surface area (Å²) in [5, 5.41) is 6.82. The fourth-order valence-corrected chi connectivity index (χ4v) is 3.09. The highest BCUT2D eigenvalue weighted by Crippen LogP contribution is 2.15. The Morgan fingerprint density at radius 3 is 2.56 bits per heavy atom. The molecule has 0 aliphatic rings. The van der Waals surface area contributed by atoms with E-state index < -0.39 is 0 Å². The number of hydrogen-bond acceptors (Lipinski definition) is 3. The van der Waals surface area contributed by atoms with E-state index in [9.17, 15) is 0 Å². The molecule has 0 aliphatic carbocycles. The minimum absolute atomic E-state index is 0.614. The molecule has 1 aromatic heterocycles. The van der Waals surface area contributed by atoms with Gasteiger partial charge in [0.2, 0.25) is 0 Å². The van der Waals surface area contributed by atoms with Crippen molar-refractivity contribution in [2.45, 2.75) is 52.6 Å². The van der Waals surface area contributed by atoms with E-state index in [0.717, 1.165) is 56.3 Å². The van der Waals surface area contributed by atoms with Gasteiger partial charge in [0.25, 0.3) is 0 Å². The van der Waals surface area contributed by atoms with Gasteiger partial charge >= 0.3 is 0 Å². The lowest BCUT2D eigenvalue weighted by Crippen LogP contribution is -2.38. The topological polar surface area (TPSA) is 57.5 Å². The lowest BCUT2D eigenvalue weighted by molar-refractivity contribution is 0.268. The van der Waals surface area contributed by atoms with Gasteiger partial charge in [-0.1, -0.05) is 12.1 Å². The highest BCUT2D eigenvalue weighted by atomic mass is 15.2. The Kier molecular flexibility index (Phi) is 8.58. The van der Waals surface area contributed by atoms with Crippen LogP contribution < -0.4 is 10.6 Å². The van der Waals surface area contributed by atoms with Crippen molar-refractivity contribution in [3.05, 3.63) is 30.1 Å². The third-order valence-electron chi connectivity index (χ3n) is 5.03. The second kappa shape index (κ2) is 10.9. The van der Waals surface area contributed by atoms with Crippen molar-refractivity contribution in [1.82, 2.24) is 25.1 Å². The second-order valence-electron chi connectivity index (χ2n) is 7.36. The molecule has 2 N–H and O–H groups in total. The quantitative estimate of drug-likeness (QED) is 0.382. The van der Waals surface area contributed by atoms with E-state index in [-0.39, 0.29) is 0 Å². The SMILES string of the molecule is CN=C(NCCCCN(C)C(C)C)NCCCn1c(C)nc2ccccc21. The molecule has 0 bridgehead atoms. The zero-order chi connectivity index (χ0) is 19.6. The summed E-state index contributed by atoms with van der Waals surface area (Å²) in [5.41, 5.74) is 2.28. The molecule has 6 heteroatoms. The summed E-state index contributed by atoms with van der Waals surface area (Å²) in [6, 6.07) is 8.94. The van der Waals surface area contributed by atoms with Crippen molar-refractivity contribution in [3.63, 3.8) is 0 Å². The van der Waals surface area contributed by atoms with Gasteiger partial charge in [-0.15, -0.1) is 0 Å². The largest absolute Gasteiger partial charge is 0.356 e. The molecule has 0 spiro atoms. The minimum atomic E-state index is 0.614. The molecule has 6 nitrogen and oxygen atoms in total. The van der Waals surface area contributed by atoms with Crippen LogP contribution in [0.15, 0.2) is 29.3 Å². The Hall–Kier alpha value is -2.08. The summed E-state index contributed by atoms with van der Waals surface area (Å²) in [6.45, 7) is 10.5. The van der Waals surface area contributed by atoms with E-state index in [0.29, 0.717) is 6.04 Å². The first kappa shape index (κ1) is 21.2. The molecule has 1 aromatic carbocycles. The number of aliphatic imine (C=N–C) groups is 1. The maximum atomic E-state index is 4.63. The summed E-state index contributed by atoms with van der Waals surface area (Å²) in [4.78, 5) is 11.3. The average Bonchev–Trinajstić information content (AvgIpc) is 2.98. The number of para-hydroxylation sites is 2. The average molecular weight is 373 g/mol. The number of rotatable bonds is 10. The standard InChI is InChI=1S/C21H36N6/c1-17(2)26(5)15-9-8-13-23-21(22-4)24-14-10-16-27-18(3)25-19-11-6-7-12-20(19)27/h6-7,11-12,17H,8-10,13-16H2,1-5H3,(H2,22,23,24). The van der Waals surface area contributed by atoms with Gasteiger partial charge in [-0.3, -0.25) is 4.99 Å². The lowest BCUT2D eigenvalue weighted by Gasteiger charge is -2.20. The van der Waals surface area contributed by atoms with Gasteiger partial charge in [-0.05, 0) is 65.8 Å². The molecule has 0 amide bonds. The van der Waals surface area contributed by atoms with E-state index in [4.69, 9.17) is 0 Å². The van der Waals surface area contributed by atoms with Crippen molar-refractivity contribution in [2.24, 2.45) is 4.99 Å². The van der Waals surface area contributed by atoms with Crippen molar-refractivity contribution in [2.75, 3.05) is 33.7 Å². The minimum Gasteiger partial charge on any atom is -0.356 e. The molecule has 0 atom stereocenters. The molecule has 2 aromatic rings. The predicted molar refractivity (Wildman–Crippen MR) is 115 cm³/mol. The summed E-state index contributed by atoms with van der Waals surface area (Å²) in [7, 11) is 4.01.